The highest BCUT2D eigenvalue weighted by Crippen LogP contribution is 2.18. The van der Waals surface area contributed by atoms with Crippen LogP contribution in [-0.4, -0.2) is 75.1 Å². The molecule has 1 rings (SSSR count). The molecule has 0 aromatic rings. The second kappa shape index (κ2) is 8.33. The number of nitrogens with zero attached hydrogens (tertiary/aromatic N) is 2. The van der Waals surface area contributed by atoms with Crippen LogP contribution in [0, 0.1) is 5.92 Å². The van der Waals surface area contributed by atoms with Gasteiger partial charge in [0, 0.05) is 26.4 Å². The van der Waals surface area contributed by atoms with Gasteiger partial charge < -0.3 is 14.5 Å². The van der Waals surface area contributed by atoms with Crippen LogP contribution >= 0.6 is 0 Å². The summed E-state index contributed by atoms with van der Waals surface area (Å²) in [6.45, 7) is 9.00. The maximum atomic E-state index is 12.0. The lowest BCUT2D eigenvalue weighted by Crippen LogP contribution is -2.43. The molecule has 1 heterocycles. The van der Waals surface area contributed by atoms with Crippen molar-refractivity contribution in [3.63, 3.8) is 0 Å². The van der Waals surface area contributed by atoms with Gasteiger partial charge in [-0.2, -0.15) is 0 Å². The van der Waals surface area contributed by atoms with E-state index < -0.39 is 15.4 Å². The Morgan fingerprint density at radius 1 is 1.35 bits per heavy atom. The number of carbonyl (C=O) groups excluding carboxylic acids is 1. The van der Waals surface area contributed by atoms with E-state index in [0.717, 1.165) is 32.5 Å². The molecule has 0 bridgehead atoms. The molecule has 136 valence electrons. The van der Waals surface area contributed by atoms with E-state index in [-0.39, 0.29) is 11.8 Å². The zero-order chi connectivity index (χ0) is 17.7. The van der Waals surface area contributed by atoms with E-state index in [4.69, 9.17) is 4.74 Å². The van der Waals surface area contributed by atoms with E-state index in [0.29, 0.717) is 18.9 Å². The van der Waals surface area contributed by atoms with Crippen LogP contribution in [0.25, 0.3) is 0 Å². The van der Waals surface area contributed by atoms with Crippen molar-refractivity contribution in [1.29, 1.82) is 0 Å². The first-order valence-corrected chi connectivity index (χ1v) is 10.4. The van der Waals surface area contributed by atoms with Crippen LogP contribution in [0.5, 0.6) is 0 Å². The van der Waals surface area contributed by atoms with Crippen molar-refractivity contribution in [3.8, 4) is 0 Å². The molecule has 1 aliphatic rings. The number of amides is 1. The molecule has 0 aromatic heterocycles. The van der Waals surface area contributed by atoms with Gasteiger partial charge in [-0.15, -0.1) is 0 Å². The molecule has 1 fully saturated rings. The largest absolute Gasteiger partial charge is 0.444 e. The zero-order valence-corrected chi connectivity index (χ0v) is 16.0. The Kier molecular flexibility index (Phi) is 7.32. The fourth-order valence-corrected chi connectivity index (χ4v) is 3.51. The number of ether oxygens (including phenoxy) is 1. The quantitative estimate of drug-likeness (QED) is 0.734. The minimum Gasteiger partial charge on any atom is -0.444 e. The fourth-order valence-electron chi connectivity index (χ4n) is 2.86. The molecular formula is C16H32N2O4S. The number of likely N-dealkylation sites (tertiary alicyclic amines) is 1. The molecule has 0 spiro atoms. The molecular weight excluding hydrogens is 316 g/mol. The second-order valence-electron chi connectivity index (χ2n) is 7.65. The summed E-state index contributed by atoms with van der Waals surface area (Å²) >= 11 is 0. The highest BCUT2D eigenvalue weighted by Gasteiger charge is 2.25. The molecule has 0 N–H and O–H groups in total. The number of sulfone groups is 1. The monoisotopic (exact) mass is 348 g/mol. The zero-order valence-electron chi connectivity index (χ0n) is 15.2. The van der Waals surface area contributed by atoms with E-state index >= 15 is 0 Å². The van der Waals surface area contributed by atoms with E-state index in [9.17, 15) is 13.2 Å². The Bertz CT molecular complexity index is 485. The van der Waals surface area contributed by atoms with Gasteiger partial charge in [-0.3, -0.25) is 0 Å². The first kappa shape index (κ1) is 20.2. The second-order valence-corrected chi connectivity index (χ2v) is 9.91. The first-order chi connectivity index (χ1) is 10.5. The number of hydrogen-bond acceptors (Lipinski definition) is 5. The van der Waals surface area contributed by atoms with Crippen molar-refractivity contribution in [3.05, 3.63) is 0 Å². The lowest BCUT2D eigenvalue weighted by molar-refractivity contribution is 0.0244. The van der Waals surface area contributed by atoms with Crippen molar-refractivity contribution in [2.45, 2.75) is 45.6 Å². The highest BCUT2D eigenvalue weighted by atomic mass is 32.2. The van der Waals surface area contributed by atoms with Gasteiger partial charge in [-0.1, -0.05) is 0 Å². The van der Waals surface area contributed by atoms with E-state index in [1.807, 2.05) is 20.8 Å². The predicted molar refractivity (Wildman–Crippen MR) is 92.4 cm³/mol. The summed E-state index contributed by atoms with van der Waals surface area (Å²) in [5.41, 5.74) is -0.477. The van der Waals surface area contributed by atoms with Gasteiger partial charge >= 0.3 is 6.09 Å². The molecule has 0 aromatic carbocycles. The third-order valence-electron chi connectivity index (χ3n) is 3.83. The normalized spacial score (nSPS) is 20.3. The molecule has 1 aliphatic heterocycles. The van der Waals surface area contributed by atoms with E-state index in [1.165, 1.54) is 6.26 Å². The lowest BCUT2D eigenvalue weighted by atomic mass is 9.97. The molecule has 6 nitrogen and oxygen atoms in total. The standard InChI is InChI=1S/C16H32N2O4S/c1-16(2,3)22-15(19)17(4)12-14-8-6-9-18(13-14)10-7-11-23(5,20)21/h14H,6-13H2,1-5H3/t14-/m0/s1. The Balaban J connectivity index is 2.38. The molecule has 0 saturated carbocycles. The number of piperidine rings is 1. The first-order valence-electron chi connectivity index (χ1n) is 8.30. The summed E-state index contributed by atoms with van der Waals surface area (Å²) in [7, 11) is -1.11. The third kappa shape index (κ3) is 9.15. The van der Waals surface area contributed by atoms with Crippen LogP contribution < -0.4 is 0 Å². The summed E-state index contributed by atoms with van der Waals surface area (Å²) in [6.07, 6.45) is 3.85. The molecule has 1 saturated heterocycles. The Hall–Kier alpha value is -0.820. The summed E-state index contributed by atoms with van der Waals surface area (Å²) in [6, 6.07) is 0. The lowest BCUT2D eigenvalue weighted by Gasteiger charge is -2.35. The molecule has 0 radical (unpaired) electrons. The van der Waals surface area contributed by atoms with Crippen LogP contribution in [0.15, 0.2) is 0 Å². The molecule has 0 unspecified atom stereocenters. The number of carbonyl (C=O) groups is 1. The predicted octanol–water partition coefficient (Wildman–Crippen LogP) is 2.00. The van der Waals surface area contributed by atoms with Gasteiger partial charge in [0.05, 0.1) is 5.75 Å². The van der Waals surface area contributed by atoms with Crippen LogP contribution in [0.2, 0.25) is 0 Å². The summed E-state index contributed by atoms with van der Waals surface area (Å²) in [5, 5.41) is 0. The van der Waals surface area contributed by atoms with Crippen molar-refractivity contribution in [2.24, 2.45) is 5.92 Å². The van der Waals surface area contributed by atoms with Gasteiger partial charge in [0.15, 0.2) is 0 Å². The molecule has 23 heavy (non-hydrogen) atoms. The van der Waals surface area contributed by atoms with Crippen molar-refractivity contribution < 1.29 is 17.9 Å². The average Bonchev–Trinajstić information content (AvgIpc) is 2.35. The number of hydrogen-bond donors (Lipinski definition) is 0. The van der Waals surface area contributed by atoms with Gasteiger partial charge in [-0.05, 0) is 59.0 Å². The Labute approximate surface area is 141 Å². The topological polar surface area (TPSA) is 66.9 Å². The van der Waals surface area contributed by atoms with E-state index in [2.05, 4.69) is 4.90 Å². The molecule has 7 heteroatoms. The maximum absolute atomic E-state index is 12.0. The fraction of sp³-hybridized carbons (Fsp3) is 0.938. The van der Waals surface area contributed by atoms with Crippen LogP contribution in [0.3, 0.4) is 0 Å². The van der Waals surface area contributed by atoms with Crippen molar-refractivity contribution in [2.75, 3.05) is 45.2 Å². The van der Waals surface area contributed by atoms with Gasteiger partial charge in [0.1, 0.15) is 15.4 Å². The van der Waals surface area contributed by atoms with Crippen molar-refractivity contribution >= 4 is 15.9 Å². The van der Waals surface area contributed by atoms with Gasteiger partial charge in [0.25, 0.3) is 0 Å². The molecule has 1 amide bonds. The minimum absolute atomic E-state index is 0.242. The summed E-state index contributed by atoms with van der Waals surface area (Å²) in [5.74, 6) is 0.658. The summed E-state index contributed by atoms with van der Waals surface area (Å²) < 4.78 is 27.8. The van der Waals surface area contributed by atoms with Crippen LogP contribution in [0.1, 0.15) is 40.0 Å². The molecule has 1 atom stereocenters. The van der Waals surface area contributed by atoms with E-state index in [1.54, 1.807) is 11.9 Å². The summed E-state index contributed by atoms with van der Waals surface area (Å²) in [4.78, 5) is 16.0. The maximum Gasteiger partial charge on any atom is 0.410 e. The Morgan fingerprint density at radius 2 is 2.00 bits per heavy atom. The highest BCUT2D eigenvalue weighted by molar-refractivity contribution is 7.90. The van der Waals surface area contributed by atoms with Crippen LogP contribution in [0.4, 0.5) is 4.79 Å². The smallest absolute Gasteiger partial charge is 0.410 e. The van der Waals surface area contributed by atoms with Crippen molar-refractivity contribution in [1.82, 2.24) is 9.80 Å². The SMILES string of the molecule is CN(C[C@@H]1CCCN(CCCS(C)(=O)=O)C1)C(=O)OC(C)(C)C. The van der Waals surface area contributed by atoms with Crippen LogP contribution in [-0.2, 0) is 14.6 Å². The van der Waals surface area contributed by atoms with Gasteiger partial charge in [-0.25, -0.2) is 13.2 Å². The third-order valence-corrected chi connectivity index (χ3v) is 4.86. The number of rotatable bonds is 6. The van der Waals surface area contributed by atoms with Gasteiger partial charge in [0.2, 0.25) is 0 Å². The average molecular weight is 349 g/mol. The minimum atomic E-state index is -2.88. The molecule has 0 aliphatic carbocycles. The Morgan fingerprint density at radius 3 is 2.57 bits per heavy atom.